The first-order chi connectivity index (χ1) is 10.1. The average Bonchev–Trinajstić information content (AvgIpc) is 2.45. The van der Waals surface area contributed by atoms with Crippen molar-refractivity contribution in [1.29, 1.82) is 0 Å². The molecule has 0 radical (unpaired) electrons. The van der Waals surface area contributed by atoms with Crippen molar-refractivity contribution in [2.75, 3.05) is 33.3 Å². The zero-order valence-electron chi connectivity index (χ0n) is 13.6. The number of ether oxygens (including phenoxy) is 2. The molecular weight excluding hydrogens is 264 g/mol. The second kappa shape index (κ2) is 7.78. The minimum atomic E-state index is 0.269. The molecular formula is C17H28N2O2. The summed E-state index contributed by atoms with van der Waals surface area (Å²) in [5.74, 6) is 0.980. The third-order valence-corrected chi connectivity index (χ3v) is 3.88. The van der Waals surface area contributed by atoms with Crippen LogP contribution in [0.2, 0.25) is 0 Å². The highest BCUT2D eigenvalue weighted by molar-refractivity contribution is 5.36. The van der Waals surface area contributed by atoms with Gasteiger partial charge in [-0.05, 0) is 33.9 Å². The highest BCUT2D eigenvalue weighted by atomic mass is 16.5. The van der Waals surface area contributed by atoms with E-state index in [-0.39, 0.29) is 6.04 Å². The number of benzene rings is 1. The number of para-hydroxylation sites is 1. The van der Waals surface area contributed by atoms with Gasteiger partial charge in [0.25, 0.3) is 0 Å². The van der Waals surface area contributed by atoms with Gasteiger partial charge in [0.2, 0.25) is 0 Å². The number of morpholine rings is 1. The molecule has 3 atom stereocenters. The van der Waals surface area contributed by atoms with Crippen LogP contribution in [0.3, 0.4) is 0 Å². The van der Waals surface area contributed by atoms with Crippen molar-refractivity contribution in [1.82, 2.24) is 10.2 Å². The molecule has 0 bridgehead atoms. The molecule has 1 aromatic rings. The largest absolute Gasteiger partial charge is 0.494 e. The first-order valence-corrected chi connectivity index (χ1v) is 7.90. The van der Waals surface area contributed by atoms with E-state index in [0.29, 0.717) is 18.8 Å². The zero-order valence-corrected chi connectivity index (χ0v) is 13.6. The van der Waals surface area contributed by atoms with Crippen LogP contribution >= 0.6 is 0 Å². The van der Waals surface area contributed by atoms with Crippen molar-refractivity contribution < 1.29 is 9.47 Å². The molecule has 0 aromatic heterocycles. The lowest BCUT2D eigenvalue weighted by Gasteiger charge is -2.37. The van der Waals surface area contributed by atoms with Crippen LogP contribution in [0.25, 0.3) is 0 Å². The Balaban J connectivity index is 2.09. The zero-order chi connectivity index (χ0) is 15.2. The minimum Gasteiger partial charge on any atom is -0.494 e. The van der Waals surface area contributed by atoms with Crippen LogP contribution in [0.5, 0.6) is 5.75 Å². The van der Waals surface area contributed by atoms with Gasteiger partial charge >= 0.3 is 0 Å². The predicted octanol–water partition coefficient (Wildman–Crippen LogP) is 2.46. The Morgan fingerprint density at radius 3 is 2.57 bits per heavy atom. The molecule has 0 spiro atoms. The SMILES string of the molecule is CCOc1ccccc1C(CN1C[C@@H](C)O[C@@H](C)C1)NC. The van der Waals surface area contributed by atoms with E-state index in [9.17, 15) is 0 Å². The molecule has 0 saturated carbocycles. The predicted molar refractivity (Wildman–Crippen MR) is 85.9 cm³/mol. The van der Waals surface area contributed by atoms with Crippen LogP contribution in [0, 0.1) is 0 Å². The second-order valence-corrected chi connectivity index (χ2v) is 5.79. The standard InChI is InChI=1S/C17H28N2O2/c1-5-20-17-9-7-6-8-15(17)16(18-4)12-19-10-13(2)21-14(3)11-19/h6-9,13-14,16,18H,5,10-12H2,1-4H3/t13-,14+,16?. The van der Waals surface area contributed by atoms with Gasteiger partial charge in [-0.3, -0.25) is 4.90 Å². The van der Waals surface area contributed by atoms with Gasteiger partial charge in [-0.15, -0.1) is 0 Å². The Bertz CT molecular complexity index is 429. The lowest BCUT2D eigenvalue weighted by molar-refractivity contribution is -0.0698. The van der Waals surface area contributed by atoms with Crippen molar-refractivity contribution in [3.63, 3.8) is 0 Å². The third kappa shape index (κ3) is 4.43. The maximum atomic E-state index is 5.81. The molecule has 21 heavy (non-hydrogen) atoms. The van der Waals surface area contributed by atoms with Crippen LogP contribution in [-0.4, -0.2) is 50.4 Å². The highest BCUT2D eigenvalue weighted by Crippen LogP contribution is 2.26. The van der Waals surface area contributed by atoms with Crippen LogP contribution < -0.4 is 10.1 Å². The van der Waals surface area contributed by atoms with Crippen LogP contribution in [0.15, 0.2) is 24.3 Å². The summed E-state index contributed by atoms with van der Waals surface area (Å²) in [6.45, 7) is 9.95. The first kappa shape index (κ1) is 16.3. The lowest BCUT2D eigenvalue weighted by atomic mass is 10.0. The van der Waals surface area contributed by atoms with E-state index in [1.807, 2.05) is 26.1 Å². The molecule has 1 aromatic carbocycles. The van der Waals surface area contributed by atoms with Crippen molar-refractivity contribution in [2.24, 2.45) is 0 Å². The van der Waals surface area contributed by atoms with Gasteiger partial charge in [0.05, 0.1) is 18.8 Å². The number of rotatable bonds is 6. The van der Waals surface area contributed by atoms with Gasteiger partial charge in [-0.25, -0.2) is 0 Å². The summed E-state index contributed by atoms with van der Waals surface area (Å²) in [6.07, 6.45) is 0.599. The van der Waals surface area contributed by atoms with Gasteiger partial charge < -0.3 is 14.8 Å². The van der Waals surface area contributed by atoms with Crippen LogP contribution in [-0.2, 0) is 4.74 Å². The monoisotopic (exact) mass is 292 g/mol. The molecule has 1 heterocycles. The molecule has 1 N–H and O–H groups in total. The Hall–Kier alpha value is -1.10. The maximum absolute atomic E-state index is 5.81. The summed E-state index contributed by atoms with van der Waals surface area (Å²) in [6, 6.07) is 8.57. The maximum Gasteiger partial charge on any atom is 0.124 e. The number of likely N-dealkylation sites (N-methyl/N-ethyl adjacent to an activating group) is 1. The number of nitrogens with one attached hydrogen (secondary N) is 1. The quantitative estimate of drug-likeness (QED) is 0.873. The first-order valence-electron chi connectivity index (χ1n) is 7.90. The van der Waals surface area contributed by atoms with E-state index >= 15 is 0 Å². The summed E-state index contributed by atoms with van der Waals surface area (Å²) in [5, 5.41) is 3.43. The van der Waals surface area contributed by atoms with Crippen molar-refractivity contribution in [2.45, 2.75) is 39.0 Å². The third-order valence-electron chi connectivity index (χ3n) is 3.88. The topological polar surface area (TPSA) is 33.7 Å². The van der Waals surface area contributed by atoms with Crippen LogP contribution in [0.1, 0.15) is 32.4 Å². The minimum absolute atomic E-state index is 0.269. The average molecular weight is 292 g/mol. The number of hydrogen-bond acceptors (Lipinski definition) is 4. The highest BCUT2D eigenvalue weighted by Gasteiger charge is 2.25. The van der Waals surface area contributed by atoms with Gasteiger partial charge in [0.15, 0.2) is 0 Å². The van der Waals surface area contributed by atoms with Gasteiger partial charge in [0.1, 0.15) is 5.75 Å². The molecule has 0 amide bonds. The molecule has 1 aliphatic rings. The van der Waals surface area contributed by atoms with Crippen molar-refractivity contribution in [3.8, 4) is 5.75 Å². The molecule has 1 fully saturated rings. The summed E-state index contributed by atoms with van der Waals surface area (Å²) in [5.41, 5.74) is 1.23. The molecule has 1 aliphatic heterocycles. The smallest absolute Gasteiger partial charge is 0.124 e. The Morgan fingerprint density at radius 2 is 1.95 bits per heavy atom. The summed E-state index contributed by atoms with van der Waals surface area (Å²) < 4.78 is 11.6. The van der Waals surface area contributed by atoms with Crippen LogP contribution in [0.4, 0.5) is 0 Å². The summed E-state index contributed by atoms with van der Waals surface area (Å²) in [4.78, 5) is 2.47. The fourth-order valence-electron chi connectivity index (χ4n) is 3.09. The fourth-order valence-corrected chi connectivity index (χ4v) is 3.09. The normalized spacial score (nSPS) is 24.8. The van der Waals surface area contributed by atoms with E-state index in [2.05, 4.69) is 36.2 Å². The molecule has 4 heteroatoms. The number of nitrogens with zero attached hydrogens (tertiary/aromatic N) is 1. The van der Waals surface area contributed by atoms with Crippen molar-refractivity contribution in [3.05, 3.63) is 29.8 Å². The Kier molecular flexibility index (Phi) is 6.03. The second-order valence-electron chi connectivity index (χ2n) is 5.79. The van der Waals surface area contributed by atoms with E-state index in [0.717, 1.165) is 25.4 Å². The molecule has 118 valence electrons. The summed E-state index contributed by atoms with van der Waals surface area (Å²) in [7, 11) is 2.01. The number of hydrogen-bond donors (Lipinski definition) is 1. The van der Waals surface area contributed by atoms with E-state index in [1.54, 1.807) is 0 Å². The van der Waals surface area contributed by atoms with E-state index in [4.69, 9.17) is 9.47 Å². The van der Waals surface area contributed by atoms with Gasteiger partial charge in [-0.2, -0.15) is 0 Å². The molecule has 0 aliphatic carbocycles. The Labute approximate surface area is 128 Å². The Morgan fingerprint density at radius 1 is 1.29 bits per heavy atom. The molecule has 4 nitrogen and oxygen atoms in total. The molecule has 1 unspecified atom stereocenters. The fraction of sp³-hybridized carbons (Fsp3) is 0.647. The van der Waals surface area contributed by atoms with E-state index in [1.165, 1.54) is 5.56 Å². The van der Waals surface area contributed by atoms with Gasteiger partial charge in [-0.1, -0.05) is 18.2 Å². The molecule has 2 rings (SSSR count). The van der Waals surface area contributed by atoms with Crippen molar-refractivity contribution >= 4 is 0 Å². The molecule has 1 saturated heterocycles. The summed E-state index contributed by atoms with van der Waals surface area (Å²) >= 11 is 0. The van der Waals surface area contributed by atoms with E-state index < -0.39 is 0 Å². The van der Waals surface area contributed by atoms with Gasteiger partial charge in [0, 0.05) is 31.2 Å². The lowest BCUT2D eigenvalue weighted by Crippen LogP contribution is -2.48.